The van der Waals surface area contributed by atoms with Crippen LogP contribution in [0.3, 0.4) is 0 Å². The van der Waals surface area contributed by atoms with Crippen molar-refractivity contribution >= 4 is 17.6 Å². The summed E-state index contributed by atoms with van der Waals surface area (Å²) in [6, 6.07) is 10.2. The van der Waals surface area contributed by atoms with Gasteiger partial charge in [-0.25, -0.2) is 9.69 Å². The van der Waals surface area contributed by atoms with Crippen LogP contribution in [0.15, 0.2) is 30.3 Å². The van der Waals surface area contributed by atoms with Gasteiger partial charge in [0.1, 0.15) is 5.54 Å². The molecule has 3 fully saturated rings. The molecule has 2 saturated heterocycles. The average molecular weight is 356 g/mol. The topological polar surface area (TPSA) is 55.9 Å². The number of carbonyl (C=O) groups excluding carboxylic acids is 2. The van der Waals surface area contributed by atoms with E-state index in [0.29, 0.717) is 6.67 Å². The molecule has 0 radical (unpaired) electrons. The van der Waals surface area contributed by atoms with E-state index in [9.17, 15) is 9.59 Å². The molecule has 4 rings (SSSR count). The number of benzene rings is 1. The first-order valence-electron chi connectivity index (χ1n) is 9.76. The van der Waals surface area contributed by atoms with Crippen LogP contribution in [0.2, 0.25) is 0 Å². The SMILES string of the molecule is C[C@@H]1CCCC[C@]12NC(=O)N(CN1CCN(c3ccccc3)CC1)C2=O. The molecule has 0 bridgehead atoms. The van der Waals surface area contributed by atoms with Crippen molar-refractivity contribution in [3.05, 3.63) is 30.3 Å². The highest BCUT2D eigenvalue weighted by atomic mass is 16.2. The monoisotopic (exact) mass is 356 g/mol. The minimum Gasteiger partial charge on any atom is -0.369 e. The number of nitrogens with one attached hydrogen (secondary N) is 1. The Bertz CT molecular complexity index is 672. The Balaban J connectivity index is 1.38. The van der Waals surface area contributed by atoms with Gasteiger partial charge in [0.05, 0.1) is 6.67 Å². The first-order chi connectivity index (χ1) is 12.6. The van der Waals surface area contributed by atoms with E-state index in [-0.39, 0.29) is 17.9 Å². The fourth-order valence-corrected chi connectivity index (χ4v) is 4.61. The molecule has 26 heavy (non-hydrogen) atoms. The van der Waals surface area contributed by atoms with Crippen LogP contribution in [0.1, 0.15) is 32.6 Å². The molecule has 0 unspecified atom stereocenters. The quantitative estimate of drug-likeness (QED) is 0.844. The summed E-state index contributed by atoms with van der Waals surface area (Å²) in [4.78, 5) is 31.6. The summed E-state index contributed by atoms with van der Waals surface area (Å²) >= 11 is 0. The Morgan fingerprint density at radius 3 is 2.50 bits per heavy atom. The summed E-state index contributed by atoms with van der Waals surface area (Å²) in [5, 5.41) is 3.04. The normalized spacial score (nSPS) is 30.1. The molecule has 3 amide bonds. The summed E-state index contributed by atoms with van der Waals surface area (Å²) in [7, 11) is 0. The highest BCUT2D eigenvalue weighted by Gasteiger charge is 2.55. The molecule has 2 heterocycles. The van der Waals surface area contributed by atoms with E-state index >= 15 is 0 Å². The third kappa shape index (κ3) is 2.96. The van der Waals surface area contributed by atoms with Crippen molar-refractivity contribution < 1.29 is 9.59 Å². The number of imide groups is 1. The molecule has 140 valence electrons. The van der Waals surface area contributed by atoms with Crippen molar-refractivity contribution in [2.75, 3.05) is 37.7 Å². The van der Waals surface area contributed by atoms with E-state index in [0.717, 1.165) is 51.9 Å². The molecule has 1 N–H and O–H groups in total. The second-order valence-corrected chi connectivity index (χ2v) is 7.86. The van der Waals surface area contributed by atoms with Crippen LogP contribution >= 0.6 is 0 Å². The summed E-state index contributed by atoms with van der Waals surface area (Å²) in [5.74, 6) is 0.202. The minimum atomic E-state index is -0.652. The van der Waals surface area contributed by atoms with Crippen molar-refractivity contribution in [1.29, 1.82) is 0 Å². The van der Waals surface area contributed by atoms with E-state index in [4.69, 9.17) is 0 Å². The maximum Gasteiger partial charge on any atom is 0.326 e. The molecule has 3 aliphatic rings. The number of hydrogen-bond donors (Lipinski definition) is 1. The van der Waals surface area contributed by atoms with Gasteiger partial charge in [-0.3, -0.25) is 9.69 Å². The molecule has 2 atom stereocenters. The number of hydrogen-bond acceptors (Lipinski definition) is 4. The highest BCUT2D eigenvalue weighted by molar-refractivity contribution is 6.07. The predicted molar refractivity (Wildman–Crippen MR) is 101 cm³/mol. The summed E-state index contributed by atoms with van der Waals surface area (Å²) < 4.78 is 0. The van der Waals surface area contributed by atoms with Gasteiger partial charge in [0, 0.05) is 31.9 Å². The van der Waals surface area contributed by atoms with E-state index in [1.54, 1.807) is 0 Å². The lowest BCUT2D eigenvalue weighted by Gasteiger charge is -2.38. The van der Waals surface area contributed by atoms with Gasteiger partial charge in [0.15, 0.2) is 0 Å². The second kappa shape index (κ2) is 6.91. The standard InChI is InChI=1S/C20H28N4O2/c1-16-7-5-6-10-20(16)18(25)24(19(26)21-20)15-22-11-13-23(14-12-22)17-8-3-2-4-9-17/h2-4,8-9,16H,5-7,10-15H2,1H3,(H,21,26)/t16-,20+/m1/s1. The number of amides is 3. The lowest BCUT2D eigenvalue weighted by atomic mass is 9.73. The third-order valence-corrected chi connectivity index (χ3v) is 6.34. The van der Waals surface area contributed by atoms with Gasteiger partial charge in [-0.2, -0.15) is 0 Å². The number of anilines is 1. The van der Waals surface area contributed by atoms with Gasteiger partial charge >= 0.3 is 6.03 Å². The Morgan fingerprint density at radius 2 is 1.81 bits per heavy atom. The average Bonchev–Trinajstić information content (AvgIpc) is 2.90. The molecular weight excluding hydrogens is 328 g/mol. The van der Waals surface area contributed by atoms with Crippen LogP contribution in [-0.4, -0.2) is 60.1 Å². The van der Waals surface area contributed by atoms with Crippen molar-refractivity contribution in [2.45, 2.75) is 38.1 Å². The van der Waals surface area contributed by atoms with Gasteiger partial charge in [0.25, 0.3) is 5.91 Å². The molecule has 6 heteroatoms. The predicted octanol–water partition coefficient (Wildman–Crippen LogP) is 2.27. The molecular formula is C20H28N4O2. The largest absolute Gasteiger partial charge is 0.369 e. The molecule has 1 spiro atoms. The lowest BCUT2D eigenvalue weighted by Crippen LogP contribution is -2.55. The first kappa shape index (κ1) is 17.3. The molecule has 6 nitrogen and oxygen atoms in total. The van der Waals surface area contributed by atoms with Crippen LogP contribution in [0.25, 0.3) is 0 Å². The molecule has 1 aliphatic carbocycles. The zero-order valence-corrected chi connectivity index (χ0v) is 15.5. The van der Waals surface area contributed by atoms with Gasteiger partial charge in [-0.15, -0.1) is 0 Å². The maximum atomic E-state index is 13.1. The number of rotatable bonds is 3. The van der Waals surface area contributed by atoms with Crippen molar-refractivity contribution in [3.63, 3.8) is 0 Å². The van der Waals surface area contributed by atoms with Crippen LogP contribution < -0.4 is 10.2 Å². The fourth-order valence-electron chi connectivity index (χ4n) is 4.61. The van der Waals surface area contributed by atoms with Crippen LogP contribution in [0, 0.1) is 5.92 Å². The zero-order valence-electron chi connectivity index (χ0n) is 15.5. The van der Waals surface area contributed by atoms with Crippen molar-refractivity contribution in [1.82, 2.24) is 15.1 Å². The number of para-hydroxylation sites is 1. The van der Waals surface area contributed by atoms with Crippen LogP contribution in [0.5, 0.6) is 0 Å². The smallest absolute Gasteiger partial charge is 0.326 e. The van der Waals surface area contributed by atoms with Crippen LogP contribution in [-0.2, 0) is 4.79 Å². The van der Waals surface area contributed by atoms with E-state index in [1.807, 2.05) is 6.07 Å². The van der Waals surface area contributed by atoms with E-state index < -0.39 is 5.54 Å². The van der Waals surface area contributed by atoms with Gasteiger partial charge in [0.2, 0.25) is 0 Å². The maximum absolute atomic E-state index is 13.1. The Kier molecular flexibility index (Phi) is 4.61. The van der Waals surface area contributed by atoms with Crippen LogP contribution in [0.4, 0.5) is 10.5 Å². The summed E-state index contributed by atoms with van der Waals surface area (Å²) in [5.41, 5.74) is 0.582. The summed E-state index contributed by atoms with van der Waals surface area (Å²) in [6.45, 7) is 6.04. The molecule has 1 aromatic carbocycles. The molecule has 1 aromatic rings. The summed E-state index contributed by atoms with van der Waals surface area (Å²) in [6.07, 6.45) is 3.94. The Labute approximate surface area is 155 Å². The number of piperazine rings is 1. The fraction of sp³-hybridized carbons (Fsp3) is 0.600. The number of carbonyl (C=O) groups is 2. The van der Waals surface area contributed by atoms with Gasteiger partial charge in [-0.1, -0.05) is 38.0 Å². The van der Waals surface area contributed by atoms with Gasteiger partial charge < -0.3 is 10.2 Å². The van der Waals surface area contributed by atoms with Crippen molar-refractivity contribution in [3.8, 4) is 0 Å². The highest BCUT2D eigenvalue weighted by Crippen LogP contribution is 2.38. The Hall–Kier alpha value is -2.08. The molecule has 2 aliphatic heterocycles. The zero-order chi connectivity index (χ0) is 18.1. The van der Waals surface area contributed by atoms with Gasteiger partial charge in [-0.05, 0) is 30.9 Å². The second-order valence-electron chi connectivity index (χ2n) is 7.86. The molecule has 1 saturated carbocycles. The minimum absolute atomic E-state index is 0.0137. The van der Waals surface area contributed by atoms with E-state index in [2.05, 4.69) is 46.3 Å². The van der Waals surface area contributed by atoms with E-state index in [1.165, 1.54) is 10.6 Å². The first-order valence-corrected chi connectivity index (χ1v) is 9.76. The third-order valence-electron chi connectivity index (χ3n) is 6.34. The molecule has 0 aromatic heterocycles. The number of nitrogens with zero attached hydrogens (tertiary/aromatic N) is 3. The Morgan fingerprint density at radius 1 is 1.08 bits per heavy atom. The number of urea groups is 1. The van der Waals surface area contributed by atoms with Crippen molar-refractivity contribution in [2.24, 2.45) is 5.92 Å². The lowest BCUT2D eigenvalue weighted by molar-refractivity contribution is -0.135.